The molecule has 1 atom stereocenters. The first-order valence-corrected chi connectivity index (χ1v) is 10.00. The zero-order valence-corrected chi connectivity index (χ0v) is 16.6. The first-order chi connectivity index (χ1) is 13.3. The van der Waals surface area contributed by atoms with E-state index >= 15 is 0 Å². The number of anilines is 1. The minimum atomic E-state index is -3.92. The molecule has 28 heavy (non-hydrogen) atoms. The molecule has 9 heteroatoms. The minimum absolute atomic E-state index is 0.00515. The molecule has 0 bridgehead atoms. The average Bonchev–Trinajstić information content (AvgIpc) is 2.68. The Morgan fingerprint density at radius 3 is 2.32 bits per heavy atom. The molecule has 0 saturated heterocycles. The van der Waals surface area contributed by atoms with Gasteiger partial charge in [0.15, 0.2) is 0 Å². The molecule has 2 aromatic carbocycles. The third-order valence-corrected chi connectivity index (χ3v) is 5.32. The highest BCUT2D eigenvalue weighted by molar-refractivity contribution is 7.89. The number of benzene rings is 2. The zero-order chi connectivity index (χ0) is 20.7. The van der Waals surface area contributed by atoms with Crippen LogP contribution in [0.2, 0.25) is 0 Å². The van der Waals surface area contributed by atoms with Crippen molar-refractivity contribution in [3.63, 3.8) is 0 Å². The molecule has 0 spiro atoms. The van der Waals surface area contributed by atoms with E-state index in [4.69, 9.17) is 4.74 Å². The number of carbonyl (C=O) groups excluding carboxylic acids is 2. The number of rotatable bonds is 8. The van der Waals surface area contributed by atoms with Crippen molar-refractivity contribution < 1.29 is 27.5 Å². The van der Waals surface area contributed by atoms with Gasteiger partial charge in [0.1, 0.15) is 5.75 Å². The fourth-order valence-corrected chi connectivity index (χ4v) is 3.56. The van der Waals surface area contributed by atoms with Crippen molar-refractivity contribution in [2.24, 2.45) is 0 Å². The van der Waals surface area contributed by atoms with Crippen LogP contribution < -0.4 is 14.8 Å². The quantitative estimate of drug-likeness (QED) is 0.650. The molecule has 0 heterocycles. The first-order valence-electron chi connectivity index (χ1n) is 8.52. The molecule has 0 aliphatic carbocycles. The van der Waals surface area contributed by atoms with Crippen molar-refractivity contribution >= 4 is 27.6 Å². The van der Waals surface area contributed by atoms with E-state index in [2.05, 4.69) is 14.8 Å². The Kier molecular flexibility index (Phi) is 7.13. The topological polar surface area (TPSA) is 111 Å². The van der Waals surface area contributed by atoms with Gasteiger partial charge in [-0.05, 0) is 50.2 Å². The molecule has 0 aliphatic heterocycles. The van der Waals surface area contributed by atoms with Gasteiger partial charge in [0.25, 0.3) is 0 Å². The van der Waals surface area contributed by atoms with Crippen LogP contribution in [0.5, 0.6) is 5.75 Å². The number of para-hydroxylation sites is 1. The number of methoxy groups -OCH3 is 1. The van der Waals surface area contributed by atoms with Crippen molar-refractivity contribution in [2.45, 2.75) is 24.8 Å². The lowest BCUT2D eigenvalue weighted by atomic mass is 10.1. The monoisotopic (exact) mass is 406 g/mol. The SMILES string of the molecule is CCOc1ccc(S(=O)(=O)N[C@@H](C)C(=O)Nc2ccccc2C(=O)OC)cc1. The Morgan fingerprint density at radius 1 is 1.07 bits per heavy atom. The molecule has 8 nitrogen and oxygen atoms in total. The number of sulfonamides is 1. The second-order valence-electron chi connectivity index (χ2n) is 5.77. The summed E-state index contributed by atoms with van der Waals surface area (Å²) in [5.74, 6) is -0.684. The van der Waals surface area contributed by atoms with Gasteiger partial charge in [-0.15, -0.1) is 0 Å². The van der Waals surface area contributed by atoms with Gasteiger partial charge in [-0.25, -0.2) is 13.2 Å². The lowest BCUT2D eigenvalue weighted by Crippen LogP contribution is -2.41. The normalized spacial score (nSPS) is 12.1. The van der Waals surface area contributed by atoms with Crippen molar-refractivity contribution in [2.75, 3.05) is 19.0 Å². The van der Waals surface area contributed by atoms with Crippen LogP contribution in [0.1, 0.15) is 24.2 Å². The van der Waals surface area contributed by atoms with Gasteiger partial charge in [-0.2, -0.15) is 4.72 Å². The second-order valence-corrected chi connectivity index (χ2v) is 7.49. The third kappa shape index (κ3) is 5.30. The molecular formula is C19H22N2O6S. The van der Waals surface area contributed by atoms with Crippen LogP contribution in [-0.2, 0) is 19.6 Å². The molecule has 2 rings (SSSR count). The van der Waals surface area contributed by atoms with Crippen LogP contribution in [0.4, 0.5) is 5.69 Å². The lowest BCUT2D eigenvalue weighted by molar-refractivity contribution is -0.117. The van der Waals surface area contributed by atoms with E-state index in [9.17, 15) is 18.0 Å². The van der Waals surface area contributed by atoms with Gasteiger partial charge < -0.3 is 14.8 Å². The molecule has 0 aliphatic rings. The van der Waals surface area contributed by atoms with Crippen LogP contribution in [-0.4, -0.2) is 40.1 Å². The molecule has 2 aromatic rings. The van der Waals surface area contributed by atoms with Gasteiger partial charge >= 0.3 is 5.97 Å². The molecule has 2 N–H and O–H groups in total. The van der Waals surface area contributed by atoms with Gasteiger partial charge in [-0.1, -0.05) is 12.1 Å². The van der Waals surface area contributed by atoms with Gasteiger partial charge in [0, 0.05) is 0 Å². The predicted molar refractivity (Wildman–Crippen MR) is 104 cm³/mol. The summed E-state index contributed by atoms with van der Waals surface area (Å²) in [6, 6.07) is 11.1. The molecule has 150 valence electrons. The number of esters is 1. The van der Waals surface area contributed by atoms with Gasteiger partial charge in [-0.3, -0.25) is 4.79 Å². The molecule has 0 radical (unpaired) electrons. The Balaban J connectivity index is 2.10. The summed E-state index contributed by atoms with van der Waals surface area (Å²) in [7, 11) is -2.69. The molecular weight excluding hydrogens is 384 g/mol. The number of nitrogens with one attached hydrogen (secondary N) is 2. The van der Waals surface area contributed by atoms with Crippen molar-refractivity contribution in [3.05, 3.63) is 54.1 Å². The van der Waals surface area contributed by atoms with Crippen LogP contribution in [0, 0.1) is 0 Å². The van der Waals surface area contributed by atoms with E-state index in [0.717, 1.165) is 0 Å². The number of amides is 1. The zero-order valence-electron chi connectivity index (χ0n) is 15.8. The predicted octanol–water partition coefficient (Wildman–Crippen LogP) is 2.18. The largest absolute Gasteiger partial charge is 0.494 e. The summed E-state index contributed by atoms with van der Waals surface area (Å²) in [6.07, 6.45) is 0. The maximum absolute atomic E-state index is 12.5. The van der Waals surface area contributed by atoms with Crippen LogP contribution in [0.3, 0.4) is 0 Å². The van der Waals surface area contributed by atoms with Crippen molar-refractivity contribution in [1.29, 1.82) is 0 Å². The highest BCUT2D eigenvalue weighted by atomic mass is 32.2. The molecule has 0 unspecified atom stereocenters. The standard InChI is InChI=1S/C19H22N2O6S/c1-4-27-14-9-11-15(12-10-14)28(24,25)21-13(2)18(22)20-17-8-6-5-7-16(17)19(23)26-3/h5-13,21H,4H2,1-3H3,(H,20,22)/t13-/m0/s1. The number of hydrogen-bond donors (Lipinski definition) is 2. The number of hydrogen-bond acceptors (Lipinski definition) is 6. The summed E-state index contributed by atoms with van der Waals surface area (Å²) in [5.41, 5.74) is 0.395. The highest BCUT2D eigenvalue weighted by Gasteiger charge is 2.23. The van der Waals surface area contributed by atoms with Crippen LogP contribution in [0.15, 0.2) is 53.4 Å². The number of carbonyl (C=O) groups is 2. The Morgan fingerprint density at radius 2 is 1.71 bits per heavy atom. The van der Waals surface area contributed by atoms with Crippen molar-refractivity contribution in [3.8, 4) is 5.75 Å². The Hall–Kier alpha value is -2.91. The minimum Gasteiger partial charge on any atom is -0.494 e. The number of ether oxygens (including phenoxy) is 2. The molecule has 0 saturated carbocycles. The summed E-state index contributed by atoms with van der Waals surface area (Å²) in [6.45, 7) is 3.70. The average molecular weight is 406 g/mol. The van der Waals surface area contributed by atoms with Crippen LogP contribution in [0.25, 0.3) is 0 Å². The van der Waals surface area contributed by atoms with E-state index in [1.807, 2.05) is 6.92 Å². The maximum atomic E-state index is 12.5. The Labute approximate surface area is 163 Å². The second kappa shape index (κ2) is 9.34. The fraction of sp³-hybridized carbons (Fsp3) is 0.263. The highest BCUT2D eigenvalue weighted by Crippen LogP contribution is 2.18. The smallest absolute Gasteiger partial charge is 0.339 e. The summed E-state index contributed by atoms with van der Waals surface area (Å²) in [4.78, 5) is 24.2. The fourth-order valence-electron chi connectivity index (χ4n) is 2.36. The van der Waals surface area contributed by atoms with Gasteiger partial charge in [0.2, 0.25) is 15.9 Å². The molecule has 1 amide bonds. The maximum Gasteiger partial charge on any atom is 0.339 e. The first kappa shape index (κ1) is 21.4. The van der Waals surface area contributed by atoms with E-state index in [1.165, 1.54) is 50.4 Å². The molecule has 0 fully saturated rings. The summed E-state index contributed by atoms with van der Waals surface area (Å²) < 4.78 is 37.2. The molecule has 0 aromatic heterocycles. The van der Waals surface area contributed by atoms with E-state index in [0.29, 0.717) is 12.4 Å². The summed E-state index contributed by atoms with van der Waals surface area (Å²) in [5, 5.41) is 2.54. The van der Waals surface area contributed by atoms with Crippen molar-refractivity contribution in [1.82, 2.24) is 4.72 Å². The van der Waals surface area contributed by atoms with Crippen LogP contribution >= 0.6 is 0 Å². The van der Waals surface area contributed by atoms with E-state index in [1.54, 1.807) is 12.1 Å². The Bertz CT molecular complexity index is 941. The van der Waals surface area contributed by atoms with E-state index in [-0.39, 0.29) is 16.1 Å². The summed E-state index contributed by atoms with van der Waals surface area (Å²) >= 11 is 0. The van der Waals surface area contributed by atoms with Gasteiger partial charge in [0.05, 0.1) is 35.9 Å². The lowest BCUT2D eigenvalue weighted by Gasteiger charge is -2.16. The third-order valence-electron chi connectivity index (χ3n) is 3.76. The van der Waals surface area contributed by atoms with E-state index < -0.39 is 27.9 Å².